The van der Waals surface area contributed by atoms with E-state index in [2.05, 4.69) is 21.0 Å². The maximum absolute atomic E-state index is 5.70. The first-order valence-electron chi connectivity index (χ1n) is 4.37. The van der Waals surface area contributed by atoms with Gasteiger partial charge in [-0.2, -0.15) is 0 Å². The Kier molecular flexibility index (Phi) is 2.64. The molecule has 0 spiro atoms. The Bertz CT molecular complexity index is 464. The summed E-state index contributed by atoms with van der Waals surface area (Å²) in [5.41, 5.74) is 6.23. The van der Waals surface area contributed by atoms with Crippen LogP contribution in [0, 0.1) is 0 Å². The van der Waals surface area contributed by atoms with E-state index in [4.69, 9.17) is 10.5 Å². The molecule has 0 saturated heterocycles. The van der Waals surface area contributed by atoms with Crippen molar-refractivity contribution in [3.05, 3.63) is 34.9 Å². The Balaban J connectivity index is 2.21. The van der Waals surface area contributed by atoms with Crippen LogP contribution >= 0.6 is 15.9 Å². The highest BCUT2D eigenvalue weighted by atomic mass is 79.9. The lowest BCUT2D eigenvalue weighted by atomic mass is 10.3. The van der Waals surface area contributed by atoms with E-state index < -0.39 is 0 Å². The zero-order chi connectivity index (χ0) is 10.8. The summed E-state index contributed by atoms with van der Waals surface area (Å²) in [5.74, 6) is 1.14. The van der Waals surface area contributed by atoms with Crippen LogP contribution in [-0.2, 0) is 7.05 Å². The number of nitrogens with two attached hydrogens (primary N) is 1. The number of nitrogens with zero attached hydrogens (tertiary/aromatic N) is 2. The third kappa shape index (κ3) is 2.30. The van der Waals surface area contributed by atoms with Crippen LogP contribution in [0.4, 0.5) is 5.69 Å². The largest absolute Gasteiger partial charge is 0.436 e. The van der Waals surface area contributed by atoms with Crippen LogP contribution in [0.25, 0.3) is 0 Å². The Hall–Kier alpha value is -1.49. The topological polar surface area (TPSA) is 53.1 Å². The minimum Gasteiger partial charge on any atom is -0.436 e. The zero-order valence-electron chi connectivity index (χ0n) is 8.14. The number of aryl methyl sites for hydroxylation is 1. The summed E-state index contributed by atoms with van der Waals surface area (Å²) < 4.78 is 8.13. The van der Waals surface area contributed by atoms with Crippen molar-refractivity contribution in [2.24, 2.45) is 7.05 Å². The lowest BCUT2D eigenvalue weighted by molar-refractivity contribution is 0.456. The molecule has 0 radical (unpaired) electrons. The van der Waals surface area contributed by atoms with Crippen LogP contribution < -0.4 is 10.5 Å². The molecule has 0 aliphatic heterocycles. The molecular weight excluding hydrogens is 258 g/mol. The smallest absolute Gasteiger partial charge is 0.261 e. The molecule has 4 nitrogen and oxygen atoms in total. The summed E-state index contributed by atoms with van der Waals surface area (Å²) in [6.45, 7) is 0. The van der Waals surface area contributed by atoms with Crippen molar-refractivity contribution < 1.29 is 4.74 Å². The first-order chi connectivity index (χ1) is 7.15. The summed E-state index contributed by atoms with van der Waals surface area (Å²) >= 11 is 3.35. The van der Waals surface area contributed by atoms with Crippen LogP contribution in [0.1, 0.15) is 0 Å². The highest BCUT2D eigenvalue weighted by Crippen LogP contribution is 2.25. The number of halogens is 1. The average molecular weight is 268 g/mol. The lowest BCUT2D eigenvalue weighted by Gasteiger charge is -2.02. The number of nitrogen functional groups attached to an aromatic ring is 1. The first kappa shape index (κ1) is 10.0. The Labute approximate surface area is 95.8 Å². The molecule has 1 aromatic carbocycles. The van der Waals surface area contributed by atoms with E-state index in [0.717, 1.165) is 4.47 Å². The van der Waals surface area contributed by atoms with Gasteiger partial charge in [0.25, 0.3) is 5.88 Å². The number of hydrogen-bond donors (Lipinski definition) is 1. The fourth-order valence-corrected chi connectivity index (χ4v) is 1.44. The van der Waals surface area contributed by atoms with Crippen molar-refractivity contribution in [3.8, 4) is 11.6 Å². The summed E-state index contributed by atoms with van der Waals surface area (Å²) in [6.07, 6.45) is 1.70. The van der Waals surface area contributed by atoms with Crippen LogP contribution in [-0.4, -0.2) is 9.78 Å². The summed E-state index contributed by atoms with van der Waals surface area (Å²) in [5, 5.41) is 4.09. The minimum absolute atomic E-state index is 0.430. The zero-order valence-corrected chi connectivity index (χ0v) is 9.73. The van der Waals surface area contributed by atoms with Gasteiger partial charge in [0.15, 0.2) is 0 Å². The Morgan fingerprint density at radius 3 is 2.53 bits per heavy atom. The van der Waals surface area contributed by atoms with Crippen LogP contribution in [0.15, 0.2) is 34.9 Å². The van der Waals surface area contributed by atoms with E-state index in [1.807, 2.05) is 24.3 Å². The summed E-state index contributed by atoms with van der Waals surface area (Å²) in [6, 6.07) is 7.49. The maximum atomic E-state index is 5.70. The highest BCUT2D eigenvalue weighted by Gasteiger charge is 2.06. The average Bonchev–Trinajstić information content (AvgIpc) is 2.49. The van der Waals surface area contributed by atoms with Crippen molar-refractivity contribution in [2.75, 3.05) is 5.73 Å². The van der Waals surface area contributed by atoms with Gasteiger partial charge in [-0.1, -0.05) is 15.9 Å². The molecule has 2 N–H and O–H groups in total. The fourth-order valence-electron chi connectivity index (χ4n) is 1.18. The number of ether oxygens (including phenoxy) is 1. The van der Waals surface area contributed by atoms with Crippen LogP contribution in [0.5, 0.6) is 11.6 Å². The van der Waals surface area contributed by atoms with Gasteiger partial charge in [0.2, 0.25) is 0 Å². The number of rotatable bonds is 2. The van der Waals surface area contributed by atoms with E-state index in [0.29, 0.717) is 17.3 Å². The van der Waals surface area contributed by atoms with Crippen LogP contribution in [0.3, 0.4) is 0 Å². The highest BCUT2D eigenvalue weighted by molar-refractivity contribution is 9.10. The molecule has 5 heteroatoms. The van der Waals surface area contributed by atoms with Gasteiger partial charge in [0.05, 0.1) is 6.20 Å². The van der Waals surface area contributed by atoms with Gasteiger partial charge in [-0.15, -0.1) is 5.10 Å². The monoisotopic (exact) mass is 267 g/mol. The number of benzene rings is 1. The third-order valence-corrected chi connectivity index (χ3v) is 2.38. The molecule has 15 heavy (non-hydrogen) atoms. The maximum Gasteiger partial charge on any atom is 0.261 e. The molecule has 0 bridgehead atoms. The number of hydrogen-bond acceptors (Lipinski definition) is 3. The first-order valence-corrected chi connectivity index (χ1v) is 5.17. The van der Waals surface area contributed by atoms with E-state index in [1.54, 1.807) is 17.9 Å². The predicted molar refractivity (Wildman–Crippen MR) is 61.8 cm³/mol. The molecule has 0 amide bonds. The predicted octanol–water partition coefficient (Wildman–Crippen LogP) is 2.56. The second-order valence-corrected chi connectivity index (χ2v) is 4.03. The number of anilines is 1. The van der Waals surface area contributed by atoms with E-state index >= 15 is 0 Å². The van der Waals surface area contributed by atoms with Crippen molar-refractivity contribution >= 4 is 21.6 Å². The minimum atomic E-state index is 0.430. The molecule has 0 aliphatic carbocycles. The van der Waals surface area contributed by atoms with Gasteiger partial charge in [0.1, 0.15) is 11.4 Å². The molecular formula is C10H10BrN3O. The molecule has 0 fully saturated rings. The van der Waals surface area contributed by atoms with Crippen molar-refractivity contribution in [1.82, 2.24) is 9.78 Å². The molecule has 0 atom stereocenters. The third-order valence-electron chi connectivity index (χ3n) is 1.85. The molecule has 0 saturated carbocycles. The van der Waals surface area contributed by atoms with Gasteiger partial charge in [-0.05, 0) is 24.3 Å². The second-order valence-electron chi connectivity index (χ2n) is 3.12. The van der Waals surface area contributed by atoms with Gasteiger partial charge in [-0.3, -0.25) is 4.68 Å². The van der Waals surface area contributed by atoms with Gasteiger partial charge in [0, 0.05) is 11.5 Å². The second kappa shape index (κ2) is 3.94. The standard InChI is InChI=1S/C10H10BrN3O/c1-14-6-9(12)10(13-14)15-8-4-2-7(11)3-5-8/h2-6H,12H2,1H3. The van der Waals surface area contributed by atoms with Gasteiger partial charge < -0.3 is 10.5 Å². The molecule has 0 aliphatic rings. The van der Waals surface area contributed by atoms with Gasteiger partial charge >= 0.3 is 0 Å². The van der Waals surface area contributed by atoms with Crippen LogP contribution in [0.2, 0.25) is 0 Å². The lowest BCUT2D eigenvalue weighted by Crippen LogP contribution is -1.90. The Morgan fingerprint density at radius 2 is 2.00 bits per heavy atom. The molecule has 1 heterocycles. The molecule has 2 rings (SSSR count). The van der Waals surface area contributed by atoms with E-state index in [1.165, 1.54) is 0 Å². The fraction of sp³-hybridized carbons (Fsp3) is 0.100. The SMILES string of the molecule is Cn1cc(N)c(Oc2ccc(Br)cc2)n1. The molecule has 0 unspecified atom stereocenters. The summed E-state index contributed by atoms with van der Waals surface area (Å²) in [7, 11) is 1.80. The van der Waals surface area contributed by atoms with Crippen molar-refractivity contribution in [3.63, 3.8) is 0 Å². The normalized spacial score (nSPS) is 10.3. The van der Waals surface area contributed by atoms with Crippen molar-refractivity contribution in [2.45, 2.75) is 0 Å². The quantitative estimate of drug-likeness (QED) is 0.910. The van der Waals surface area contributed by atoms with E-state index in [-0.39, 0.29) is 0 Å². The molecule has 2 aromatic rings. The number of aromatic nitrogens is 2. The summed E-state index contributed by atoms with van der Waals surface area (Å²) in [4.78, 5) is 0. The Morgan fingerprint density at radius 1 is 1.33 bits per heavy atom. The molecule has 1 aromatic heterocycles. The van der Waals surface area contributed by atoms with Gasteiger partial charge in [-0.25, -0.2) is 0 Å². The van der Waals surface area contributed by atoms with E-state index in [9.17, 15) is 0 Å². The van der Waals surface area contributed by atoms with Crippen molar-refractivity contribution in [1.29, 1.82) is 0 Å². The molecule has 78 valence electrons.